The molecule has 0 saturated carbocycles. The van der Waals surface area contributed by atoms with Gasteiger partial charge in [-0.05, 0) is 31.5 Å². The van der Waals surface area contributed by atoms with Crippen LogP contribution in [0.15, 0.2) is 18.2 Å². The second kappa shape index (κ2) is 6.35. The Morgan fingerprint density at radius 2 is 1.95 bits per heavy atom. The molecule has 1 atom stereocenters. The maximum atomic E-state index is 14.1. The van der Waals surface area contributed by atoms with E-state index in [0.29, 0.717) is 5.69 Å². The van der Waals surface area contributed by atoms with E-state index in [2.05, 4.69) is 16.7 Å². The van der Waals surface area contributed by atoms with Gasteiger partial charge in [-0.2, -0.15) is 0 Å². The molecule has 106 valence electrons. The molecule has 0 amide bonds. The van der Waals surface area contributed by atoms with Crippen molar-refractivity contribution in [3.63, 3.8) is 0 Å². The molecule has 0 unspecified atom stereocenters. The molecule has 2 rings (SSSR count). The highest BCUT2D eigenvalue weighted by atomic mass is 19.1. The second-order valence-electron chi connectivity index (χ2n) is 5.30. The number of hydrogen-bond donors (Lipinski definition) is 1. The zero-order valence-corrected chi connectivity index (χ0v) is 11.9. The fourth-order valence-electron chi connectivity index (χ4n) is 2.74. The summed E-state index contributed by atoms with van der Waals surface area (Å²) in [6, 6.07) is 5.06. The predicted molar refractivity (Wildman–Crippen MR) is 77.9 cm³/mol. The van der Waals surface area contributed by atoms with Crippen LogP contribution in [0.4, 0.5) is 10.1 Å². The van der Waals surface area contributed by atoms with Gasteiger partial charge in [0.15, 0.2) is 0 Å². The summed E-state index contributed by atoms with van der Waals surface area (Å²) in [5, 5.41) is 0. The Kier molecular flexibility index (Phi) is 4.77. The largest absolute Gasteiger partial charge is 0.366 e. The van der Waals surface area contributed by atoms with Gasteiger partial charge >= 0.3 is 0 Å². The molecule has 1 saturated heterocycles. The van der Waals surface area contributed by atoms with Gasteiger partial charge in [-0.3, -0.25) is 4.90 Å². The topological polar surface area (TPSA) is 32.5 Å². The summed E-state index contributed by atoms with van der Waals surface area (Å²) < 4.78 is 14.1. The molecule has 1 fully saturated rings. The van der Waals surface area contributed by atoms with Crippen LogP contribution in [0.25, 0.3) is 0 Å². The number of halogens is 1. The number of benzene rings is 1. The van der Waals surface area contributed by atoms with Gasteiger partial charge in [-0.1, -0.05) is 19.1 Å². The average Bonchev–Trinajstić information content (AvgIpc) is 2.40. The van der Waals surface area contributed by atoms with Crippen LogP contribution in [0.3, 0.4) is 0 Å². The third kappa shape index (κ3) is 3.25. The van der Waals surface area contributed by atoms with E-state index in [1.54, 1.807) is 6.07 Å². The van der Waals surface area contributed by atoms with Crippen molar-refractivity contribution >= 4 is 5.69 Å². The third-order valence-electron chi connectivity index (χ3n) is 3.74. The SMILES string of the molecule is CCCN1CCN(c2c(F)cccc2[C@H](C)N)CC1. The molecule has 0 radical (unpaired) electrons. The highest BCUT2D eigenvalue weighted by Crippen LogP contribution is 2.29. The lowest BCUT2D eigenvalue weighted by atomic mass is 10.0. The molecule has 4 heteroatoms. The van der Waals surface area contributed by atoms with Crippen LogP contribution in [0.1, 0.15) is 31.9 Å². The number of nitrogens with two attached hydrogens (primary N) is 1. The van der Waals surface area contributed by atoms with Gasteiger partial charge in [0.25, 0.3) is 0 Å². The molecule has 0 aromatic heterocycles. The normalized spacial score (nSPS) is 18.6. The molecular weight excluding hydrogens is 241 g/mol. The molecule has 0 aliphatic carbocycles. The summed E-state index contributed by atoms with van der Waals surface area (Å²) in [6.07, 6.45) is 1.17. The first-order valence-corrected chi connectivity index (χ1v) is 7.14. The number of piperazine rings is 1. The van der Waals surface area contributed by atoms with Crippen molar-refractivity contribution in [3.05, 3.63) is 29.6 Å². The van der Waals surface area contributed by atoms with Crippen molar-refractivity contribution < 1.29 is 4.39 Å². The van der Waals surface area contributed by atoms with Crippen LogP contribution in [0.5, 0.6) is 0 Å². The summed E-state index contributed by atoms with van der Waals surface area (Å²) in [6.45, 7) is 8.98. The first-order chi connectivity index (χ1) is 9.13. The maximum Gasteiger partial charge on any atom is 0.146 e. The average molecular weight is 265 g/mol. The molecule has 3 nitrogen and oxygen atoms in total. The number of para-hydroxylation sites is 1. The maximum absolute atomic E-state index is 14.1. The van der Waals surface area contributed by atoms with Gasteiger partial charge in [0.2, 0.25) is 0 Å². The Hall–Kier alpha value is -1.13. The van der Waals surface area contributed by atoms with E-state index < -0.39 is 0 Å². The Morgan fingerprint density at radius 3 is 2.53 bits per heavy atom. The molecule has 1 aliphatic rings. The van der Waals surface area contributed by atoms with E-state index in [1.807, 2.05) is 13.0 Å². The predicted octanol–water partition coefficient (Wildman–Crippen LogP) is 2.38. The fraction of sp³-hybridized carbons (Fsp3) is 0.600. The van der Waals surface area contributed by atoms with Gasteiger partial charge in [0.05, 0.1) is 5.69 Å². The van der Waals surface area contributed by atoms with Crippen molar-refractivity contribution in [2.24, 2.45) is 5.73 Å². The van der Waals surface area contributed by atoms with E-state index in [4.69, 9.17) is 5.73 Å². The zero-order valence-electron chi connectivity index (χ0n) is 11.9. The lowest BCUT2D eigenvalue weighted by Crippen LogP contribution is -2.47. The van der Waals surface area contributed by atoms with Crippen LogP contribution in [0.2, 0.25) is 0 Å². The third-order valence-corrected chi connectivity index (χ3v) is 3.74. The molecule has 0 bridgehead atoms. The van der Waals surface area contributed by atoms with Gasteiger partial charge in [0, 0.05) is 32.2 Å². The van der Waals surface area contributed by atoms with Crippen LogP contribution < -0.4 is 10.6 Å². The van der Waals surface area contributed by atoms with Crippen molar-refractivity contribution in [3.8, 4) is 0 Å². The number of nitrogens with zero attached hydrogens (tertiary/aromatic N) is 2. The van der Waals surface area contributed by atoms with E-state index in [9.17, 15) is 4.39 Å². The van der Waals surface area contributed by atoms with Gasteiger partial charge in [-0.25, -0.2) is 4.39 Å². The Morgan fingerprint density at radius 1 is 1.26 bits per heavy atom. The monoisotopic (exact) mass is 265 g/mol. The first kappa shape index (κ1) is 14.3. The Bertz CT molecular complexity index is 412. The molecule has 19 heavy (non-hydrogen) atoms. The van der Waals surface area contributed by atoms with Crippen LogP contribution in [-0.4, -0.2) is 37.6 Å². The molecule has 0 spiro atoms. The minimum absolute atomic E-state index is 0.139. The summed E-state index contributed by atoms with van der Waals surface area (Å²) in [5.41, 5.74) is 7.57. The van der Waals surface area contributed by atoms with Crippen LogP contribution in [-0.2, 0) is 0 Å². The van der Waals surface area contributed by atoms with Crippen molar-refractivity contribution in [1.82, 2.24) is 4.90 Å². The van der Waals surface area contributed by atoms with Gasteiger partial charge < -0.3 is 10.6 Å². The van der Waals surface area contributed by atoms with E-state index in [-0.39, 0.29) is 11.9 Å². The van der Waals surface area contributed by atoms with Crippen LogP contribution in [0, 0.1) is 5.82 Å². The van der Waals surface area contributed by atoms with Crippen LogP contribution >= 0.6 is 0 Å². The van der Waals surface area contributed by atoms with E-state index in [1.165, 1.54) is 12.5 Å². The van der Waals surface area contributed by atoms with Crippen molar-refractivity contribution in [2.45, 2.75) is 26.3 Å². The quantitative estimate of drug-likeness (QED) is 0.907. The second-order valence-corrected chi connectivity index (χ2v) is 5.30. The van der Waals surface area contributed by atoms with Crippen molar-refractivity contribution in [1.29, 1.82) is 0 Å². The molecule has 1 aliphatic heterocycles. The first-order valence-electron chi connectivity index (χ1n) is 7.14. The minimum atomic E-state index is -0.154. The number of hydrogen-bond acceptors (Lipinski definition) is 3. The highest BCUT2D eigenvalue weighted by molar-refractivity contribution is 5.56. The molecule has 1 aromatic rings. The summed E-state index contributed by atoms with van der Waals surface area (Å²) >= 11 is 0. The Labute approximate surface area is 115 Å². The van der Waals surface area contributed by atoms with Gasteiger partial charge in [-0.15, -0.1) is 0 Å². The van der Waals surface area contributed by atoms with Gasteiger partial charge in [0.1, 0.15) is 5.82 Å². The molecular formula is C15H24FN3. The highest BCUT2D eigenvalue weighted by Gasteiger charge is 2.22. The zero-order chi connectivity index (χ0) is 13.8. The number of rotatable bonds is 4. The molecule has 1 aromatic carbocycles. The Balaban J connectivity index is 2.15. The standard InChI is InChI=1S/C15H24FN3/c1-3-7-18-8-10-19(11-9-18)15-13(12(2)17)5-4-6-14(15)16/h4-6,12H,3,7-11,17H2,1-2H3/t12-/m0/s1. The minimum Gasteiger partial charge on any atom is -0.366 e. The fourth-order valence-corrected chi connectivity index (χ4v) is 2.74. The summed E-state index contributed by atoms with van der Waals surface area (Å²) in [7, 11) is 0. The summed E-state index contributed by atoms with van der Waals surface area (Å²) in [4.78, 5) is 4.57. The molecule has 1 heterocycles. The number of anilines is 1. The van der Waals surface area contributed by atoms with E-state index in [0.717, 1.165) is 38.3 Å². The van der Waals surface area contributed by atoms with E-state index >= 15 is 0 Å². The lowest BCUT2D eigenvalue weighted by Gasteiger charge is -2.37. The smallest absolute Gasteiger partial charge is 0.146 e. The summed E-state index contributed by atoms with van der Waals surface area (Å²) in [5.74, 6) is -0.154. The molecule has 2 N–H and O–H groups in total. The lowest BCUT2D eigenvalue weighted by molar-refractivity contribution is 0.257. The van der Waals surface area contributed by atoms with Crippen molar-refractivity contribution in [2.75, 3.05) is 37.6 Å².